The molecule has 0 aromatic heterocycles. The van der Waals surface area contributed by atoms with Crippen molar-refractivity contribution in [3.63, 3.8) is 0 Å². The second-order valence-corrected chi connectivity index (χ2v) is 4.70. The molecule has 0 aliphatic rings. The van der Waals surface area contributed by atoms with Gasteiger partial charge in [0.25, 0.3) is 10.0 Å². The first-order valence-corrected chi connectivity index (χ1v) is 5.83. The summed E-state index contributed by atoms with van der Waals surface area (Å²) in [5.41, 5.74) is 0.733. The quantitative estimate of drug-likeness (QED) is 0.764. The summed E-state index contributed by atoms with van der Waals surface area (Å²) in [5.74, 6) is 0.537. The molecule has 7 heteroatoms. The van der Waals surface area contributed by atoms with Crippen LogP contribution in [0.1, 0.15) is 5.56 Å². The second-order valence-electron chi connectivity index (χ2n) is 3.07. The lowest BCUT2D eigenvalue weighted by molar-refractivity contribution is 0.242. The molecule has 0 bridgehead atoms. The van der Waals surface area contributed by atoms with E-state index < -0.39 is 10.0 Å². The maximum Gasteiger partial charge on any atom is 0.266 e. The smallest absolute Gasteiger partial charge is 0.266 e. The third kappa shape index (κ3) is 2.26. The Labute approximate surface area is 93.8 Å². The highest BCUT2D eigenvalue weighted by molar-refractivity contribution is 7.89. The van der Waals surface area contributed by atoms with Crippen LogP contribution in [-0.4, -0.2) is 27.8 Å². The van der Waals surface area contributed by atoms with E-state index in [-0.39, 0.29) is 10.6 Å². The van der Waals surface area contributed by atoms with Crippen LogP contribution in [0.4, 0.5) is 0 Å². The molecule has 90 valence electrons. The number of sulfonamides is 1. The summed E-state index contributed by atoms with van der Waals surface area (Å²) in [5, 5.41) is 8.57. The molecule has 1 rings (SSSR count). The minimum atomic E-state index is -3.99. The molecule has 0 heterocycles. The van der Waals surface area contributed by atoms with Crippen LogP contribution in [0, 0.1) is 6.92 Å². The van der Waals surface area contributed by atoms with Gasteiger partial charge in [0.05, 0.1) is 14.2 Å². The molecule has 0 fully saturated rings. The van der Waals surface area contributed by atoms with Gasteiger partial charge in [0.2, 0.25) is 0 Å². The van der Waals surface area contributed by atoms with Crippen molar-refractivity contribution in [3.8, 4) is 11.5 Å². The van der Waals surface area contributed by atoms with Gasteiger partial charge in [-0.25, -0.2) is 8.42 Å². The average Bonchev–Trinajstić information content (AvgIpc) is 2.28. The van der Waals surface area contributed by atoms with Crippen LogP contribution in [0.2, 0.25) is 0 Å². The minimum Gasteiger partial charge on any atom is -0.496 e. The topological polar surface area (TPSA) is 84.9 Å². The van der Waals surface area contributed by atoms with E-state index in [1.54, 1.807) is 6.92 Å². The van der Waals surface area contributed by atoms with Crippen LogP contribution < -0.4 is 14.4 Å². The van der Waals surface area contributed by atoms with Gasteiger partial charge in [-0.3, -0.25) is 0 Å². The van der Waals surface area contributed by atoms with Gasteiger partial charge >= 0.3 is 0 Å². The molecule has 0 aliphatic heterocycles. The summed E-state index contributed by atoms with van der Waals surface area (Å²) in [6, 6.07) is 2.80. The summed E-state index contributed by atoms with van der Waals surface area (Å²) >= 11 is 0. The Bertz CT molecular complexity index is 483. The Balaban J connectivity index is 3.48. The summed E-state index contributed by atoms with van der Waals surface area (Å²) in [7, 11) is -1.22. The molecule has 0 amide bonds. The number of nitrogens with one attached hydrogen (secondary N) is 1. The predicted octanol–water partition coefficient (Wildman–Crippen LogP) is 0.680. The molecule has 2 N–H and O–H groups in total. The highest BCUT2D eigenvalue weighted by Crippen LogP contribution is 2.31. The maximum atomic E-state index is 11.5. The molecular formula is C9H13NO5S. The van der Waals surface area contributed by atoms with E-state index in [1.807, 2.05) is 0 Å². The predicted molar refractivity (Wildman–Crippen MR) is 56.4 cm³/mol. The van der Waals surface area contributed by atoms with E-state index in [1.165, 1.54) is 31.2 Å². The van der Waals surface area contributed by atoms with E-state index in [0.29, 0.717) is 5.75 Å². The lowest BCUT2D eigenvalue weighted by Gasteiger charge is -2.12. The van der Waals surface area contributed by atoms with Crippen LogP contribution in [0.5, 0.6) is 11.5 Å². The van der Waals surface area contributed by atoms with Gasteiger partial charge in [-0.2, -0.15) is 0 Å². The van der Waals surface area contributed by atoms with Gasteiger partial charge in [0.15, 0.2) is 0 Å². The third-order valence-electron chi connectivity index (χ3n) is 2.09. The molecule has 16 heavy (non-hydrogen) atoms. The zero-order valence-electron chi connectivity index (χ0n) is 9.14. The Morgan fingerprint density at radius 1 is 1.19 bits per heavy atom. The van der Waals surface area contributed by atoms with Gasteiger partial charge in [0.1, 0.15) is 16.4 Å². The monoisotopic (exact) mass is 247 g/mol. The molecule has 0 spiro atoms. The van der Waals surface area contributed by atoms with E-state index in [2.05, 4.69) is 0 Å². The zero-order chi connectivity index (χ0) is 12.3. The Morgan fingerprint density at radius 2 is 1.75 bits per heavy atom. The highest BCUT2D eigenvalue weighted by atomic mass is 32.2. The maximum absolute atomic E-state index is 11.5. The lowest BCUT2D eigenvalue weighted by Crippen LogP contribution is -2.20. The van der Waals surface area contributed by atoms with Crippen molar-refractivity contribution in [1.29, 1.82) is 0 Å². The van der Waals surface area contributed by atoms with Crippen LogP contribution in [0.15, 0.2) is 17.0 Å². The Morgan fingerprint density at radius 3 is 2.19 bits per heavy atom. The molecule has 1 aromatic carbocycles. The number of hydrogen-bond acceptors (Lipinski definition) is 5. The van der Waals surface area contributed by atoms with Crippen molar-refractivity contribution in [2.75, 3.05) is 14.2 Å². The van der Waals surface area contributed by atoms with Crippen molar-refractivity contribution < 1.29 is 23.1 Å². The SMILES string of the molecule is COc1cc(S(=O)(=O)NO)c(OC)cc1C. The number of hydrogen-bond donors (Lipinski definition) is 2. The van der Waals surface area contributed by atoms with Gasteiger partial charge in [0, 0.05) is 6.07 Å². The van der Waals surface area contributed by atoms with Gasteiger partial charge in [-0.05, 0) is 18.6 Å². The summed E-state index contributed by atoms with van der Waals surface area (Å²) in [6.45, 7) is 1.75. The largest absolute Gasteiger partial charge is 0.496 e. The number of methoxy groups -OCH3 is 2. The van der Waals surface area contributed by atoms with E-state index in [9.17, 15) is 8.42 Å². The lowest BCUT2D eigenvalue weighted by atomic mass is 10.2. The average molecular weight is 247 g/mol. The molecule has 0 unspecified atom stereocenters. The van der Waals surface area contributed by atoms with Crippen LogP contribution in [-0.2, 0) is 10.0 Å². The fraction of sp³-hybridized carbons (Fsp3) is 0.333. The minimum absolute atomic E-state index is 0.139. The standard InChI is InChI=1S/C9H13NO5S/c1-6-4-8(15-3)9(5-7(6)14-2)16(12,13)10-11/h4-5,10-11H,1-3H3. The first kappa shape index (κ1) is 12.8. The summed E-state index contributed by atoms with van der Waals surface area (Å²) in [4.78, 5) is 1.06. The molecule has 0 atom stereocenters. The van der Waals surface area contributed by atoms with Crippen molar-refractivity contribution in [1.82, 2.24) is 4.89 Å². The fourth-order valence-corrected chi connectivity index (χ4v) is 2.05. The summed E-state index contributed by atoms with van der Waals surface area (Å²) in [6.07, 6.45) is 0. The molecule has 0 saturated carbocycles. The Hall–Kier alpha value is -1.31. The molecular weight excluding hydrogens is 234 g/mol. The normalized spacial score (nSPS) is 11.2. The van der Waals surface area contributed by atoms with Gasteiger partial charge < -0.3 is 14.7 Å². The second kappa shape index (κ2) is 4.69. The van der Waals surface area contributed by atoms with Crippen molar-refractivity contribution in [3.05, 3.63) is 17.7 Å². The zero-order valence-corrected chi connectivity index (χ0v) is 9.96. The first-order chi connectivity index (χ1) is 7.46. The number of rotatable bonds is 4. The molecule has 0 saturated heterocycles. The number of aryl methyl sites for hydroxylation is 1. The van der Waals surface area contributed by atoms with Gasteiger partial charge in [-0.15, -0.1) is 0 Å². The number of benzene rings is 1. The van der Waals surface area contributed by atoms with Crippen LogP contribution >= 0.6 is 0 Å². The van der Waals surface area contributed by atoms with Crippen molar-refractivity contribution in [2.45, 2.75) is 11.8 Å². The van der Waals surface area contributed by atoms with Gasteiger partial charge in [-0.1, -0.05) is 4.89 Å². The van der Waals surface area contributed by atoms with E-state index >= 15 is 0 Å². The van der Waals surface area contributed by atoms with Crippen molar-refractivity contribution >= 4 is 10.0 Å². The molecule has 0 aliphatic carbocycles. The molecule has 0 radical (unpaired) electrons. The first-order valence-electron chi connectivity index (χ1n) is 4.34. The van der Waals surface area contributed by atoms with E-state index in [0.717, 1.165) is 5.56 Å². The third-order valence-corrected chi connectivity index (χ3v) is 3.23. The Kier molecular flexibility index (Phi) is 3.74. The summed E-state index contributed by atoms with van der Waals surface area (Å²) < 4.78 is 32.9. The number of ether oxygens (including phenoxy) is 2. The van der Waals surface area contributed by atoms with Crippen LogP contribution in [0.25, 0.3) is 0 Å². The van der Waals surface area contributed by atoms with Crippen LogP contribution in [0.3, 0.4) is 0 Å². The van der Waals surface area contributed by atoms with E-state index in [4.69, 9.17) is 14.7 Å². The molecule has 1 aromatic rings. The van der Waals surface area contributed by atoms with Crippen molar-refractivity contribution in [2.24, 2.45) is 0 Å². The highest BCUT2D eigenvalue weighted by Gasteiger charge is 2.20. The molecule has 6 nitrogen and oxygen atoms in total. The fourth-order valence-electron chi connectivity index (χ4n) is 1.28.